The molecule has 1 aliphatic heterocycles. The lowest BCUT2D eigenvalue weighted by atomic mass is 10.2. The predicted octanol–water partition coefficient (Wildman–Crippen LogP) is 3.07. The number of hydrogen-bond acceptors (Lipinski definition) is 4. The van der Waals surface area contributed by atoms with Crippen LogP contribution in [0.3, 0.4) is 0 Å². The van der Waals surface area contributed by atoms with Crippen molar-refractivity contribution in [1.29, 1.82) is 0 Å². The van der Waals surface area contributed by atoms with Gasteiger partial charge in [-0.2, -0.15) is 13.2 Å². The van der Waals surface area contributed by atoms with E-state index in [-0.39, 0.29) is 11.1 Å². The van der Waals surface area contributed by atoms with Crippen molar-refractivity contribution in [2.75, 3.05) is 31.1 Å². The van der Waals surface area contributed by atoms with E-state index in [4.69, 9.17) is 11.6 Å². The topological polar surface area (TPSA) is 32.3 Å². The Labute approximate surface area is 126 Å². The molecule has 1 atom stereocenters. The molecule has 0 N–H and O–H groups in total. The first-order chi connectivity index (χ1) is 9.85. The maximum absolute atomic E-state index is 12.8. The third kappa shape index (κ3) is 3.77. The molecule has 0 bridgehead atoms. The Morgan fingerprint density at radius 3 is 2.57 bits per heavy atom. The van der Waals surface area contributed by atoms with Gasteiger partial charge in [-0.15, -0.1) is 0 Å². The number of aromatic nitrogens is 2. The van der Waals surface area contributed by atoms with Crippen LogP contribution in [-0.2, 0) is 6.18 Å². The SMILES string of the molecule is CCN(CC)C1CCN(c2cc(C(F)(F)F)nc(Cl)n2)C1. The molecule has 1 aromatic rings. The molecule has 4 nitrogen and oxygen atoms in total. The second kappa shape index (κ2) is 6.36. The Morgan fingerprint density at radius 2 is 2.00 bits per heavy atom. The second-order valence-corrected chi connectivity index (χ2v) is 5.33. The number of rotatable bonds is 4. The molecule has 0 saturated carbocycles. The maximum atomic E-state index is 12.8. The van der Waals surface area contributed by atoms with Gasteiger partial charge < -0.3 is 4.90 Å². The monoisotopic (exact) mass is 322 g/mol. The van der Waals surface area contributed by atoms with E-state index in [0.717, 1.165) is 25.6 Å². The summed E-state index contributed by atoms with van der Waals surface area (Å²) < 4.78 is 38.3. The van der Waals surface area contributed by atoms with Gasteiger partial charge in [0.2, 0.25) is 5.28 Å². The average molecular weight is 323 g/mol. The summed E-state index contributed by atoms with van der Waals surface area (Å²) in [5, 5.41) is -0.369. The van der Waals surface area contributed by atoms with Crippen molar-refractivity contribution in [3.05, 3.63) is 17.0 Å². The van der Waals surface area contributed by atoms with E-state index in [1.165, 1.54) is 0 Å². The molecule has 1 aromatic heterocycles. The molecule has 0 aliphatic carbocycles. The maximum Gasteiger partial charge on any atom is 0.433 e. The molecule has 1 aliphatic rings. The molecule has 1 fully saturated rings. The van der Waals surface area contributed by atoms with Gasteiger partial charge in [0.05, 0.1) is 0 Å². The van der Waals surface area contributed by atoms with Gasteiger partial charge in [-0.05, 0) is 31.1 Å². The van der Waals surface area contributed by atoms with Crippen molar-refractivity contribution in [1.82, 2.24) is 14.9 Å². The van der Waals surface area contributed by atoms with E-state index in [1.807, 2.05) is 4.90 Å². The molecule has 0 spiro atoms. The highest BCUT2D eigenvalue weighted by Gasteiger charge is 2.35. The molecule has 2 heterocycles. The van der Waals surface area contributed by atoms with Gasteiger partial charge >= 0.3 is 6.18 Å². The summed E-state index contributed by atoms with van der Waals surface area (Å²) in [7, 11) is 0. The van der Waals surface area contributed by atoms with Crippen molar-refractivity contribution in [3.8, 4) is 0 Å². The van der Waals surface area contributed by atoms with Crippen molar-refractivity contribution in [2.24, 2.45) is 0 Å². The fourth-order valence-corrected chi connectivity index (χ4v) is 2.88. The first-order valence-electron chi connectivity index (χ1n) is 6.96. The van der Waals surface area contributed by atoms with Crippen molar-refractivity contribution >= 4 is 17.4 Å². The third-order valence-corrected chi connectivity index (χ3v) is 3.96. The number of likely N-dealkylation sites (N-methyl/N-ethyl adjacent to an activating group) is 1. The van der Waals surface area contributed by atoms with Gasteiger partial charge in [0, 0.05) is 25.2 Å². The van der Waals surface area contributed by atoms with Gasteiger partial charge in [0.25, 0.3) is 0 Å². The molecule has 2 rings (SSSR count). The molecule has 0 aromatic carbocycles. The van der Waals surface area contributed by atoms with E-state index in [1.54, 1.807) is 0 Å². The van der Waals surface area contributed by atoms with E-state index in [9.17, 15) is 13.2 Å². The lowest BCUT2D eigenvalue weighted by Gasteiger charge is -2.26. The molecule has 118 valence electrons. The number of nitrogens with zero attached hydrogens (tertiary/aromatic N) is 4. The molecular formula is C13H18ClF3N4. The van der Waals surface area contributed by atoms with Gasteiger partial charge in [-0.25, -0.2) is 9.97 Å². The minimum Gasteiger partial charge on any atom is -0.355 e. The van der Waals surface area contributed by atoms with E-state index in [0.29, 0.717) is 19.1 Å². The quantitative estimate of drug-likeness (QED) is 0.798. The standard InChI is InChI=1S/C13H18ClF3N4/c1-3-20(4-2)9-5-6-21(8-9)11-7-10(13(15,16)17)18-12(14)19-11/h7,9H,3-6,8H2,1-2H3. The molecule has 0 radical (unpaired) electrons. The summed E-state index contributed by atoms with van der Waals surface area (Å²) >= 11 is 5.63. The minimum atomic E-state index is -4.51. The number of hydrogen-bond donors (Lipinski definition) is 0. The van der Waals surface area contributed by atoms with Crippen LogP contribution in [-0.4, -0.2) is 47.1 Å². The Balaban J connectivity index is 2.18. The van der Waals surface area contributed by atoms with Crippen LogP contribution in [0.25, 0.3) is 0 Å². The Bertz CT molecular complexity index is 491. The summed E-state index contributed by atoms with van der Waals surface area (Å²) in [6, 6.07) is 1.30. The Kier molecular flexibility index (Phi) is 4.93. The van der Waals surface area contributed by atoms with Gasteiger partial charge in [0.15, 0.2) is 5.69 Å². The fourth-order valence-electron chi connectivity index (χ4n) is 2.70. The van der Waals surface area contributed by atoms with E-state index in [2.05, 4.69) is 28.7 Å². The summed E-state index contributed by atoms with van der Waals surface area (Å²) in [5.74, 6) is 0.247. The van der Waals surface area contributed by atoms with E-state index >= 15 is 0 Å². The first-order valence-corrected chi connectivity index (χ1v) is 7.33. The number of alkyl halides is 3. The van der Waals surface area contributed by atoms with Gasteiger partial charge in [0.1, 0.15) is 5.82 Å². The predicted molar refractivity (Wildman–Crippen MR) is 75.6 cm³/mol. The number of anilines is 1. The third-order valence-electron chi connectivity index (χ3n) is 3.79. The first kappa shape index (κ1) is 16.3. The highest BCUT2D eigenvalue weighted by molar-refractivity contribution is 6.28. The molecule has 1 unspecified atom stereocenters. The minimum absolute atomic E-state index is 0.247. The summed E-state index contributed by atoms with van der Waals surface area (Å²) in [6.45, 7) is 7.34. The zero-order chi connectivity index (χ0) is 15.6. The summed E-state index contributed by atoms with van der Waals surface area (Å²) in [4.78, 5) is 11.3. The van der Waals surface area contributed by atoms with Crippen molar-refractivity contribution < 1.29 is 13.2 Å². The average Bonchev–Trinajstić information content (AvgIpc) is 2.88. The van der Waals surface area contributed by atoms with Crippen LogP contribution in [0.15, 0.2) is 6.07 Å². The smallest absolute Gasteiger partial charge is 0.355 e. The van der Waals surface area contributed by atoms with Crippen LogP contribution in [0.2, 0.25) is 5.28 Å². The molecular weight excluding hydrogens is 305 g/mol. The zero-order valence-electron chi connectivity index (χ0n) is 12.0. The fraction of sp³-hybridized carbons (Fsp3) is 0.692. The normalized spacial score (nSPS) is 19.6. The molecule has 1 saturated heterocycles. The Morgan fingerprint density at radius 1 is 1.33 bits per heavy atom. The Hall–Kier alpha value is -1.08. The van der Waals surface area contributed by atoms with Crippen LogP contribution in [0.5, 0.6) is 0 Å². The second-order valence-electron chi connectivity index (χ2n) is 4.99. The lowest BCUT2D eigenvalue weighted by molar-refractivity contribution is -0.141. The van der Waals surface area contributed by atoms with Crippen LogP contribution in [0.1, 0.15) is 26.0 Å². The van der Waals surface area contributed by atoms with Crippen molar-refractivity contribution in [2.45, 2.75) is 32.5 Å². The molecule has 21 heavy (non-hydrogen) atoms. The van der Waals surface area contributed by atoms with Gasteiger partial charge in [-0.3, -0.25) is 4.90 Å². The highest BCUT2D eigenvalue weighted by atomic mass is 35.5. The van der Waals surface area contributed by atoms with E-state index < -0.39 is 11.9 Å². The molecule has 8 heteroatoms. The van der Waals surface area contributed by atoms with Crippen LogP contribution >= 0.6 is 11.6 Å². The lowest BCUT2D eigenvalue weighted by Crippen LogP contribution is -2.37. The largest absolute Gasteiger partial charge is 0.433 e. The highest BCUT2D eigenvalue weighted by Crippen LogP contribution is 2.31. The van der Waals surface area contributed by atoms with Crippen molar-refractivity contribution in [3.63, 3.8) is 0 Å². The van der Waals surface area contributed by atoms with Crippen LogP contribution in [0, 0.1) is 0 Å². The summed E-state index contributed by atoms with van der Waals surface area (Å²) in [5.41, 5.74) is -0.996. The summed E-state index contributed by atoms with van der Waals surface area (Å²) in [6.07, 6.45) is -3.61. The molecule has 0 amide bonds. The number of halogens is 4. The van der Waals surface area contributed by atoms with Crippen LogP contribution in [0.4, 0.5) is 19.0 Å². The van der Waals surface area contributed by atoms with Crippen LogP contribution < -0.4 is 4.90 Å². The zero-order valence-corrected chi connectivity index (χ0v) is 12.7. The van der Waals surface area contributed by atoms with Gasteiger partial charge in [-0.1, -0.05) is 13.8 Å².